The minimum atomic E-state index is -2.84. The van der Waals surface area contributed by atoms with E-state index in [2.05, 4.69) is 14.8 Å². The number of benzene rings is 1. The predicted octanol–water partition coefficient (Wildman–Crippen LogP) is 1.16. The van der Waals surface area contributed by atoms with E-state index in [1.54, 1.807) is 6.20 Å². The Bertz CT molecular complexity index is 882. The summed E-state index contributed by atoms with van der Waals surface area (Å²) >= 11 is 0. The van der Waals surface area contributed by atoms with Gasteiger partial charge in [-0.2, -0.15) is 0 Å². The average Bonchev–Trinajstić information content (AvgIpc) is 3.19. The number of Topliss-reactive ketones (excluding diaryl/α,β-unsaturated/α-hetero) is 1. The number of rotatable bonds is 4. The van der Waals surface area contributed by atoms with E-state index in [1.807, 2.05) is 24.3 Å². The van der Waals surface area contributed by atoms with Gasteiger partial charge in [0.15, 0.2) is 15.6 Å². The number of H-pyrrole nitrogens is 1. The number of para-hydroxylation sites is 1. The minimum absolute atomic E-state index is 0.134. The van der Waals surface area contributed by atoms with Crippen LogP contribution in [-0.2, 0) is 9.84 Å². The third kappa shape index (κ3) is 3.49. The molecule has 2 fully saturated rings. The smallest absolute Gasteiger partial charge is 0.178 e. The van der Waals surface area contributed by atoms with E-state index >= 15 is 0 Å². The van der Waals surface area contributed by atoms with Crippen molar-refractivity contribution in [2.45, 2.75) is 12.5 Å². The molecule has 4 rings (SSSR count). The molecule has 0 saturated carbocycles. The van der Waals surface area contributed by atoms with Crippen LogP contribution in [0.4, 0.5) is 0 Å². The molecule has 2 aliphatic rings. The summed E-state index contributed by atoms with van der Waals surface area (Å²) in [6.07, 6.45) is 2.54. The van der Waals surface area contributed by atoms with Crippen molar-refractivity contribution in [1.82, 2.24) is 14.8 Å². The second-order valence-electron chi connectivity index (χ2n) is 7.04. The Morgan fingerprint density at radius 2 is 1.92 bits per heavy atom. The maximum atomic E-state index is 12.7. The Labute approximate surface area is 147 Å². The van der Waals surface area contributed by atoms with Gasteiger partial charge in [0.05, 0.1) is 18.1 Å². The SMILES string of the molecule is O=C(CN1CCN([C@H]2CCS(=O)(=O)C2)CC1)c1c[nH]c2ccccc12. The lowest BCUT2D eigenvalue weighted by Crippen LogP contribution is -2.51. The van der Waals surface area contributed by atoms with Crippen LogP contribution in [-0.4, -0.2) is 79.3 Å². The molecule has 0 radical (unpaired) electrons. The van der Waals surface area contributed by atoms with E-state index in [0.29, 0.717) is 18.1 Å². The molecule has 0 aliphatic carbocycles. The van der Waals surface area contributed by atoms with Crippen molar-refractivity contribution in [1.29, 1.82) is 0 Å². The van der Waals surface area contributed by atoms with Crippen molar-refractivity contribution in [3.8, 4) is 0 Å². The molecule has 7 heteroatoms. The zero-order chi connectivity index (χ0) is 17.4. The van der Waals surface area contributed by atoms with Gasteiger partial charge in [-0.25, -0.2) is 8.42 Å². The fraction of sp³-hybridized carbons (Fsp3) is 0.500. The fourth-order valence-corrected chi connectivity index (χ4v) is 5.70. The highest BCUT2D eigenvalue weighted by atomic mass is 32.2. The van der Waals surface area contributed by atoms with Crippen LogP contribution >= 0.6 is 0 Å². The van der Waals surface area contributed by atoms with Gasteiger partial charge >= 0.3 is 0 Å². The molecule has 6 nitrogen and oxygen atoms in total. The molecule has 3 heterocycles. The number of nitrogens with zero attached hydrogens (tertiary/aromatic N) is 2. The molecule has 1 aromatic carbocycles. The highest BCUT2D eigenvalue weighted by Crippen LogP contribution is 2.21. The van der Waals surface area contributed by atoms with Crippen molar-refractivity contribution in [2.75, 3.05) is 44.2 Å². The lowest BCUT2D eigenvalue weighted by Gasteiger charge is -2.37. The Morgan fingerprint density at radius 1 is 1.16 bits per heavy atom. The van der Waals surface area contributed by atoms with Crippen LogP contribution in [0.2, 0.25) is 0 Å². The number of carbonyl (C=O) groups is 1. The van der Waals surface area contributed by atoms with E-state index in [1.165, 1.54) is 0 Å². The van der Waals surface area contributed by atoms with Crippen molar-refractivity contribution in [3.05, 3.63) is 36.0 Å². The van der Waals surface area contributed by atoms with Crippen LogP contribution in [0.25, 0.3) is 10.9 Å². The third-order valence-electron chi connectivity index (χ3n) is 5.39. The summed E-state index contributed by atoms with van der Waals surface area (Å²) in [6.45, 7) is 3.71. The standard InChI is InChI=1S/C18H23N3O3S/c22-18(16-11-19-17-4-2-1-3-15(16)17)12-20-6-8-21(9-7-20)14-5-10-25(23,24)13-14/h1-4,11,14,19H,5-10,12-13H2/t14-/m0/s1. The number of piperazine rings is 1. The van der Waals surface area contributed by atoms with Crippen molar-refractivity contribution >= 4 is 26.5 Å². The second-order valence-corrected chi connectivity index (χ2v) is 9.27. The first-order valence-electron chi connectivity index (χ1n) is 8.78. The van der Waals surface area contributed by atoms with E-state index in [4.69, 9.17) is 0 Å². The number of fused-ring (bicyclic) bond motifs is 1. The lowest BCUT2D eigenvalue weighted by atomic mass is 10.1. The first kappa shape index (κ1) is 16.8. The summed E-state index contributed by atoms with van der Waals surface area (Å²) < 4.78 is 23.3. The number of aromatic amines is 1. The summed E-state index contributed by atoms with van der Waals surface area (Å²) in [7, 11) is -2.84. The quantitative estimate of drug-likeness (QED) is 0.827. The van der Waals surface area contributed by atoms with E-state index < -0.39 is 9.84 Å². The van der Waals surface area contributed by atoms with Gasteiger partial charge < -0.3 is 4.98 Å². The largest absolute Gasteiger partial charge is 0.360 e. The molecule has 25 heavy (non-hydrogen) atoms. The summed E-state index contributed by atoms with van der Waals surface area (Å²) in [4.78, 5) is 20.3. The summed E-state index contributed by atoms with van der Waals surface area (Å²) in [5.41, 5.74) is 1.73. The molecule has 2 aromatic rings. The average molecular weight is 361 g/mol. The maximum Gasteiger partial charge on any atom is 0.178 e. The number of aromatic nitrogens is 1. The number of sulfone groups is 1. The second kappa shape index (κ2) is 6.55. The van der Waals surface area contributed by atoms with Gasteiger partial charge in [-0.15, -0.1) is 0 Å². The van der Waals surface area contributed by atoms with Crippen molar-refractivity contribution in [2.24, 2.45) is 0 Å². The normalized spacial score (nSPS) is 24.7. The highest BCUT2D eigenvalue weighted by molar-refractivity contribution is 7.91. The van der Waals surface area contributed by atoms with Gasteiger partial charge in [0.25, 0.3) is 0 Å². The number of carbonyl (C=O) groups excluding carboxylic acids is 1. The monoisotopic (exact) mass is 361 g/mol. The molecule has 0 bridgehead atoms. The molecule has 1 aromatic heterocycles. The van der Waals surface area contributed by atoms with Gasteiger partial charge in [0, 0.05) is 54.9 Å². The zero-order valence-corrected chi connectivity index (χ0v) is 15.0. The first-order valence-corrected chi connectivity index (χ1v) is 10.6. The van der Waals surface area contributed by atoms with E-state index in [9.17, 15) is 13.2 Å². The number of hydrogen-bond acceptors (Lipinski definition) is 5. The molecule has 134 valence electrons. The van der Waals surface area contributed by atoms with Crippen LogP contribution in [0, 0.1) is 0 Å². The number of ketones is 1. The van der Waals surface area contributed by atoms with Crippen LogP contribution in [0.5, 0.6) is 0 Å². The van der Waals surface area contributed by atoms with Crippen molar-refractivity contribution in [3.63, 3.8) is 0 Å². The predicted molar refractivity (Wildman–Crippen MR) is 97.7 cm³/mol. The molecule has 0 spiro atoms. The van der Waals surface area contributed by atoms with Crippen molar-refractivity contribution < 1.29 is 13.2 Å². The van der Waals surface area contributed by atoms with Gasteiger partial charge in [-0.1, -0.05) is 18.2 Å². The Kier molecular flexibility index (Phi) is 4.39. The topological polar surface area (TPSA) is 73.5 Å². The van der Waals surface area contributed by atoms with Gasteiger partial charge in [0.2, 0.25) is 0 Å². The number of hydrogen-bond donors (Lipinski definition) is 1. The van der Waals surface area contributed by atoms with E-state index in [-0.39, 0.29) is 11.8 Å². The minimum Gasteiger partial charge on any atom is -0.360 e. The van der Waals surface area contributed by atoms with Gasteiger partial charge in [0.1, 0.15) is 0 Å². The molecule has 0 unspecified atom stereocenters. The third-order valence-corrected chi connectivity index (χ3v) is 7.14. The zero-order valence-electron chi connectivity index (χ0n) is 14.1. The Hall–Kier alpha value is -1.70. The first-order chi connectivity index (χ1) is 12.0. The fourth-order valence-electron chi connectivity index (χ4n) is 3.94. The van der Waals surface area contributed by atoms with Crippen LogP contribution in [0.1, 0.15) is 16.8 Å². The van der Waals surface area contributed by atoms with Crippen LogP contribution < -0.4 is 0 Å². The van der Waals surface area contributed by atoms with E-state index in [0.717, 1.165) is 49.1 Å². The Morgan fingerprint density at radius 3 is 2.64 bits per heavy atom. The van der Waals surface area contributed by atoms with Gasteiger partial charge in [-0.05, 0) is 12.5 Å². The number of nitrogens with one attached hydrogen (secondary N) is 1. The van der Waals surface area contributed by atoms with Crippen LogP contribution in [0.15, 0.2) is 30.5 Å². The molecular formula is C18H23N3O3S. The molecule has 0 amide bonds. The Balaban J connectivity index is 1.35. The highest BCUT2D eigenvalue weighted by Gasteiger charge is 2.33. The van der Waals surface area contributed by atoms with Gasteiger partial charge in [-0.3, -0.25) is 14.6 Å². The maximum absolute atomic E-state index is 12.7. The molecule has 2 aliphatic heterocycles. The molecule has 2 saturated heterocycles. The summed E-state index contributed by atoms with van der Waals surface area (Å²) in [5, 5.41) is 0.974. The van der Waals surface area contributed by atoms with Crippen LogP contribution in [0.3, 0.4) is 0 Å². The summed E-state index contributed by atoms with van der Waals surface area (Å²) in [5.74, 6) is 0.743. The summed E-state index contributed by atoms with van der Waals surface area (Å²) in [6, 6.07) is 8.01. The lowest BCUT2D eigenvalue weighted by molar-refractivity contribution is 0.0797. The molecule has 1 N–H and O–H groups in total. The molecule has 1 atom stereocenters. The molecular weight excluding hydrogens is 338 g/mol.